The molecule has 8 heteroatoms. The zero-order chi connectivity index (χ0) is 19.8. The number of carbonyl (C=O) groups excluding carboxylic acids is 2. The van der Waals surface area contributed by atoms with E-state index in [1.165, 1.54) is 47.3 Å². The molecule has 2 heterocycles. The Morgan fingerprint density at radius 3 is 2.21 bits per heavy atom. The standard InChI is InChI=1S/C20H15FN4O2S/c1-12(26)24-17(14-6-4-3-5-7-14)22-18-20(24)28-19(23-25(18)13(2)27)15-8-10-16(21)11-9-15/h3-11H,1-2H3. The molecule has 6 nitrogen and oxygen atoms in total. The number of rotatable bonds is 2. The molecule has 0 saturated heterocycles. The average molecular weight is 394 g/mol. The van der Waals surface area contributed by atoms with Gasteiger partial charge in [-0.15, -0.1) is 0 Å². The van der Waals surface area contributed by atoms with Crippen molar-refractivity contribution in [2.75, 3.05) is 5.01 Å². The van der Waals surface area contributed by atoms with E-state index in [1.54, 1.807) is 12.1 Å². The molecule has 0 bridgehead atoms. The molecule has 1 aromatic heterocycles. The normalized spacial score (nSPS) is 13.1. The van der Waals surface area contributed by atoms with E-state index in [2.05, 4.69) is 10.1 Å². The summed E-state index contributed by atoms with van der Waals surface area (Å²) in [5.74, 6) is -0.197. The lowest BCUT2D eigenvalue weighted by Crippen LogP contribution is -2.28. The average Bonchev–Trinajstić information content (AvgIpc) is 3.08. The number of hydrogen-bond acceptors (Lipinski definition) is 5. The van der Waals surface area contributed by atoms with Crippen LogP contribution < -0.4 is 5.01 Å². The fourth-order valence-corrected chi connectivity index (χ4v) is 3.96. The van der Waals surface area contributed by atoms with Gasteiger partial charge in [-0.05, 0) is 36.0 Å². The number of carbonyl (C=O) groups is 2. The minimum Gasteiger partial charge on any atom is -0.274 e. The van der Waals surface area contributed by atoms with Crippen molar-refractivity contribution in [2.24, 2.45) is 5.10 Å². The second-order valence-corrected chi connectivity index (χ2v) is 7.11. The van der Waals surface area contributed by atoms with E-state index in [9.17, 15) is 14.0 Å². The van der Waals surface area contributed by atoms with Gasteiger partial charge in [0, 0.05) is 25.0 Å². The van der Waals surface area contributed by atoms with Gasteiger partial charge in [0.15, 0.2) is 5.82 Å². The molecule has 140 valence electrons. The molecule has 0 aliphatic carbocycles. The minimum atomic E-state index is -0.366. The molecule has 4 rings (SSSR count). The first kappa shape index (κ1) is 18.1. The van der Waals surface area contributed by atoms with E-state index in [0.717, 1.165) is 5.56 Å². The molecular weight excluding hydrogens is 379 g/mol. The number of nitrogens with zero attached hydrogens (tertiary/aromatic N) is 4. The quantitative estimate of drug-likeness (QED) is 0.654. The molecule has 1 aliphatic heterocycles. The maximum atomic E-state index is 13.3. The van der Waals surface area contributed by atoms with E-state index >= 15 is 0 Å². The van der Waals surface area contributed by atoms with Gasteiger partial charge < -0.3 is 0 Å². The van der Waals surface area contributed by atoms with Gasteiger partial charge >= 0.3 is 0 Å². The van der Waals surface area contributed by atoms with Crippen LogP contribution >= 0.6 is 11.8 Å². The Morgan fingerprint density at radius 2 is 1.61 bits per heavy atom. The zero-order valence-electron chi connectivity index (χ0n) is 15.1. The molecular formula is C20H15FN4O2S. The highest BCUT2D eigenvalue weighted by Gasteiger charge is 2.32. The predicted octanol–water partition coefficient (Wildman–Crippen LogP) is 4.17. The smallest absolute Gasteiger partial charge is 0.245 e. The number of thioether (sulfide) groups is 1. The summed E-state index contributed by atoms with van der Waals surface area (Å²) < 4.78 is 14.8. The second-order valence-electron chi connectivity index (χ2n) is 6.13. The van der Waals surface area contributed by atoms with E-state index < -0.39 is 0 Å². The predicted molar refractivity (Wildman–Crippen MR) is 106 cm³/mol. The third kappa shape index (κ3) is 3.11. The molecule has 0 N–H and O–H groups in total. The number of amides is 1. The maximum absolute atomic E-state index is 13.3. The third-order valence-electron chi connectivity index (χ3n) is 4.14. The van der Waals surface area contributed by atoms with Crippen molar-refractivity contribution in [3.63, 3.8) is 0 Å². The minimum absolute atomic E-state index is 0.232. The largest absolute Gasteiger partial charge is 0.274 e. The molecule has 1 aliphatic rings. The molecule has 0 saturated carbocycles. The summed E-state index contributed by atoms with van der Waals surface area (Å²) >= 11 is 1.22. The Hall–Kier alpha value is -3.26. The molecule has 0 atom stereocenters. The van der Waals surface area contributed by atoms with Crippen LogP contribution in [0.1, 0.15) is 24.2 Å². The summed E-state index contributed by atoms with van der Waals surface area (Å²) in [5, 5.41) is 6.53. The Kier molecular flexibility index (Phi) is 4.56. The lowest BCUT2D eigenvalue weighted by molar-refractivity contribution is -0.116. The summed E-state index contributed by atoms with van der Waals surface area (Å²) in [7, 11) is 0. The van der Waals surface area contributed by atoms with E-state index in [4.69, 9.17) is 0 Å². The zero-order valence-corrected chi connectivity index (χ0v) is 15.9. The summed E-state index contributed by atoms with van der Waals surface area (Å²) in [4.78, 5) is 29.2. The van der Waals surface area contributed by atoms with Crippen LogP contribution in [0.2, 0.25) is 0 Å². The van der Waals surface area contributed by atoms with Gasteiger partial charge in [0.05, 0.1) is 0 Å². The highest BCUT2D eigenvalue weighted by molar-refractivity contribution is 8.14. The topological polar surface area (TPSA) is 67.6 Å². The van der Waals surface area contributed by atoms with Crippen LogP contribution in [-0.2, 0) is 4.79 Å². The fraction of sp³-hybridized carbons (Fsp3) is 0.100. The Balaban J connectivity index is 1.90. The molecule has 28 heavy (non-hydrogen) atoms. The first-order valence-electron chi connectivity index (χ1n) is 8.48. The van der Waals surface area contributed by atoms with E-state index in [1.807, 2.05) is 30.3 Å². The summed E-state index contributed by atoms with van der Waals surface area (Å²) in [6.07, 6.45) is 0. The molecule has 2 aromatic carbocycles. The van der Waals surface area contributed by atoms with Crippen molar-refractivity contribution < 1.29 is 14.0 Å². The van der Waals surface area contributed by atoms with Crippen LogP contribution in [0.5, 0.6) is 0 Å². The molecule has 0 unspecified atom stereocenters. The molecule has 0 fully saturated rings. The van der Waals surface area contributed by atoms with Crippen LogP contribution in [0.3, 0.4) is 0 Å². The van der Waals surface area contributed by atoms with E-state index in [0.29, 0.717) is 27.3 Å². The monoisotopic (exact) mass is 394 g/mol. The van der Waals surface area contributed by atoms with Gasteiger partial charge in [0.25, 0.3) is 0 Å². The highest BCUT2D eigenvalue weighted by atomic mass is 32.2. The maximum Gasteiger partial charge on any atom is 0.245 e. The van der Waals surface area contributed by atoms with Gasteiger partial charge in [0.1, 0.15) is 21.7 Å². The number of benzene rings is 2. The van der Waals surface area contributed by atoms with Gasteiger partial charge in [-0.3, -0.25) is 14.2 Å². The Morgan fingerprint density at radius 1 is 0.929 bits per heavy atom. The number of fused-ring (bicyclic) bond motifs is 1. The van der Waals surface area contributed by atoms with Gasteiger partial charge in [-0.25, -0.2) is 9.37 Å². The molecule has 1 amide bonds. The molecule has 0 radical (unpaired) electrons. The second kappa shape index (κ2) is 7.05. The fourth-order valence-electron chi connectivity index (χ4n) is 2.88. The van der Waals surface area contributed by atoms with Crippen LogP contribution in [0.25, 0.3) is 11.4 Å². The SMILES string of the molecule is CC(=O)N1N=C(c2ccc(F)cc2)Sc2c1nc(-c1ccccc1)n2C(C)=O. The third-order valence-corrected chi connectivity index (χ3v) is 5.21. The van der Waals surface area contributed by atoms with Crippen LogP contribution in [0.15, 0.2) is 64.7 Å². The number of anilines is 1. The number of hydrazone groups is 1. The van der Waals surface area contributed by atoms with Crippen LogP contribution in [0, 0.1) is 5.82 Å². The lowest BCUT2D eigenvalue weighted by atomic mass is 10.2. The van der Waals surface area contributed by atoms with Gasteiger partial charge in [-0.1, -0.05) is 30.3 Å². The summed E-state index contributed by atoms with van der Waals surface area (Å²) in [5.41, 5.74) is 1.39. The van der Waals surface area contributed by atoms with Crippen LogP contribution in [-0.4, -0.2) is 26.4 Å². The van der Waals surface area contributed by atoms with Crippen molar-refractivity contribution in [3.05, 3.63) is 66.0 Å². The number of imidazole rings is 1. The number of hydrogen-bond donors (Lipinski definition) is 0. The van der Waals surface area contributed by atoms with Crippen molar-refractivity contribution in [1.29, 1.82) is 0 Å². The van der Waals surface area contributed by atoms with Crippen molar-refractivity contribution in [1.82, 2.24) is 9.55 Å². The van der Waals surface area contributed by atoms with Crippen molar-refractivity contribution >= 4 is 34.4 Å². The first-order chi connectivity index (χ1) is 13.5. The van der Waals surface area contributed by atoms with Gasteiger partial charge in [-0.2, -0.15) is 10.1 Å². The van der Waals surface area contributed by atoms with Crippen molar-refractivity contribution in [3.8, 4) is 11.4 Å². The van der Waals surface area contributed by atoms with Crippen molar-refractivity contribution in [2.45, 2.75) is 18.9 Å². The first-order valence-corrected chi connectivity index (χ1v) is 9.29. The lowest BCUT2D eigenvalue weighted by Gasteiger charge is -2.21. The van der Waals surface area contributed by atoms with Crippen LogP contribution in [0.4, 0.5) is 10.2 Å². The number of aromatic nitrogens is 2. The molecule has 3 aromatic rings. The Bertz CT molecular complexity index is 1110. The summed E-state index contributed by atoms with van der Waals surface area (Å²) in [6, 6.07) is 15.1. The number of halogens is 1. The molecule has 0 spiro atoms. The van der Waals surface area contributed by atoms with E-state index in [-0.39, 0.29) is 17.6 Å². The Labute approximate surface area is 164 Å². The summed E-state index contributed by atoms with van der Waals surface area (Å²) in [6.45, 7) is 2.82. The van der Waals surface area contributed by atoms with Gasteiger partial charge in [0.2, 0.25) is 11.8 Å². The highest BCUT2D eigenvalue weighted by Crippen LogP contribution is 2.40.